The number of nitrogens with one attached hydrogen (secondary N) is 1. The Morgan fingerprint density at radius 3 is 2.33 bits per heavy atom. The third-order valence-electron chi connectivity index (χ3n) is 4.10. The molecule has 0 spiro atoms. The average molecular weight is 373 g/mol. The van der Waals surface area contributed by atoms with Crippen molar-refractivity contribution < 1.29 is 13.2 Å². The minimum Gasteiger partial charge on any atom is -0.357 e. The smallest absolute Gasteiger partial charge is 0.357 e. The van der Waals surface area contributed by atoms with Gasteiger partial charge in [0.1, 0.15) is 5.69 Å². The quantitative estimate of drug-likeness (QED) is 0.597. The first-order valence-electron chi connectivity index (χ1n) is 7.97. The fraction of sp³-hybridized carbons (Fsp3) is 0.176. The molecule has 0 amide bonds. The summed E-state index contributed by atoms with van der Waals surface area (Å²) in [6, 6.07) is 4.87. The summed E-state index contributed by atoms with van der Waals surface area (Å²) in [5.74, 6) is 0.491. The molecule has 138 valence electrons. The van der Waals surface area contributed by atoms with Gasteiger partial charge in [-0.2, -0.15) is 18.3 Å². The second-order valence-electron chi connectivity index (χ2n) is 5.92. The molecule has 0 radical (unpaired) electrons. The molecule has 27 heavy (non-hydrogen) atoms. The number of hydrogen-bond acceptors (Lipinski definition) is 5. The van der Waals surface area contributed by atoms with Crippen molar-refractivity contribution in [1.82, 2.24) is 29.4 Å². The summed E-state index contributed by atoms with van der Waals surface area (Å²) >= 11 is 0. The molecule has 7 nitrogen and oxygen atoms in total. The number of aryl methyl sites for hydroxylation is 1. The summed E-state index contributed by atoms with van der Waals surface area (Å²) in [5.41, 5.74) is 2.11. The fourth-order valence-corrected chi connectivity index (χ4v) is 2.77. The van der Waals surface area contributed by atoms with Crippen LogP contribution in [0.4, 0.5) is 19.1 Å². The largest absolute Gasteiger partial charge is 0.416 e. The zero-order chi connectivity index (χ0) is 19.2. The van der Waals surface area contributed by atoms with Crippen molar-refractivity contribution >= 4 is 11.6 Å². The number of hydrogen-bond donors (Lipinski definition) is 1. The van der Waals surface area contributed by atoms with Gasteiger partial charge in [-0.25, -0.2) is 4.98 Å². The SMILES string of the molecule is CNc1nnc2c(-c3cnn(C)c3)nc(-c3ccc(C(F)(F)F)cc3)cn12. The predicted octanol–water partition coefficient (Wildman–Crippen LogP) is 3.25. The molecule has 1 aromatic carbocycles. The van der Waals surface area contributed by atoms with Crippen LogP contribution in [0.2, 0.25) is 0 Å². The minimum absolute atomic E-state index is 0.491. The van der Waals surface area contributed by atoms with Gasteiger partial charge in [-0.05, 0) is 12.1 Å². The van der Waals surface area contributed by atoms with Crippen LogP contribution in [0.15, 0.2) is 42.9 Å². The summed E-state index contributed by atoms with van der Waals surface area (Å²) in [5, 5.41) is 15.3. The number of aromatic nitrogens is 6. The van der Waals surface area contributed by atoms with Crippen molar-refractivity contribution in [3.63, 3.8) is 0 Å². The molecule has 0 aliphatic heterocycles. The molecule has 0 bridgehead atoms. The molecule has 0 atom stereocenters. The van der Waals surface area contributed by atoms with Gasteiger partial charge in [0.15, 0.2) is 5.65 Å². The van der Waals surface area contributed by atoms with Gasteiger partial charge < -0.3 is 5.32 Å². The minimum atomic E-state index is -4.38. The van der Waals surface area contributed by atoms with Gasteiger partial charge in [0.25, 0.3) is 0 Å². The molecule has 3 aromatic heterocycles. The second kappa shape index (κ2) is 6.08. The lowest BCUT2D eigenvalue weighted by atomic mass is 10.1. The predicted molar refractivity (Wildman–Crippen MR) is 93.0 cm³/mol. The van der Waals surface area contributed by atoms with Gasteiger partial charge in [0, 0.05) is 37.6 Å². The van der Waals surface area contributed by atoms with Crippen molar-refractivity contribution in [2.45, 2.75) is 6.18 Å². The molecule has 10 heteroatoms. The van der Waals surface area contributed by atoms with Crippen LogP contribution in [0.3, 0.4) is 0 Å². The van der Waals surface area contributed by atoms with E-state index in [-0.39, 0.29) is 0 Å². The Morgan fingerprint density at radius 1 is 1.00 bits per heavy atom. The third-order valence-corrected chi connectivity index (χ3v) is 4.10. The van der Waals surface area contributed by atoms with E-state index in [1.54, 1.807) is 41.8 Å². The summed E-state index contributed by atoms with van der Waals surface area (Å²) in [6.45, 7) is 0. The van der Waals surface area contributed by atoms with E-state index in [1.165, 1.54) is 12.1 Å². The van der Waals surface area contributed by atoms with Crippen molar-refractivity contribution in [2.24, 2.45) is 7.05 Å². The molecule has 4 aromatic rings. The zero-order valence-electron chi connectivity index (χ0n) is 14.4. The third kappa shape index (κ3) is 2.98. The highest BCUT2D eigenvalue weighted by Gasteiger charge is 2.30. The van der Waals surface area contributed by atoms with Crippen LogP contribution in [-0.4, -0.2) is 36.4 Å². The van der Waals surface area contributed by atoms with Crippen molar-refractivity contribution in [3.05, 3.63) is 48.4 Å². The maximum atomic E-state index is 12.8. The molecular weight excluding hydrogens is 359 g/mol. The van der Waals surface area contributed by atoms with Crippen molar-refractivity contribution in [1.29, 1.82) is 0 Å². The fourth-order valence-electron chi connectivity index (χ4n) is 2.77. The van der Waals surface area contributed by atoms with Crippen LogP contribution in [0, 0.1) is 0 Å². The number of alkyl halides is 3. The first-order chi connectivity index (χ1) is 12.9. The Kier molecular flexibility index (Phi) is 3.83. The van der Waals surface area contributed by atoms with Gasteiger partial charge in [-0.15, -0.1) is 10.2 Å². The van der Waals surface area contributed by atoms with Gasteiger partial charge in [-0.3, -0.25) is 9.08 Å². The number of nitrogens with zero attached hydrogens (tertiary/aromatic N) is 6. The van der Waals surface area contributed by atoms with E-state index in [2.05, 4.69) is 25.6 Å². The molecule has 0 saturated heterocycles. The standard InChI is InChI=1S/C17H14F3N7/c1-21-16-25-24-15-14(11-7-22-26(2)8-11)23-13(9-27(15)16)10-3-5-12(6-4-10)17(18,19)20/h3-9H,1-2H3,(H,21,25). The maximum absolute atomic E-state index is 12.8. The van der Waals surface area contributed by atoms with E-state index in [1.807, 2.05) is 0 Å². The van der Waals surface area contributed by atoms with E-state index in [4.69, 9.17) is 0 Å². The highest BCUT2D eigenvalue weighted by Crippen LogP contribution is 2.32. The molecule has 0 aliphatic rings. The lowest BCUT2D eigenvalue weighted by Gasteiger charge is -2.09. The normalized spacial score (nSPS) is 11.9. The lowest BCUT2D eigenvalue weighted by molar-refractivity contribution is -0.137. The monoisotopic (exact) mass is 373 g/mol. The topological polar surface area (TPSA) is 72.9 Å². The number of anilines is 1. The Balaban J connectivity index is 1.90. The van der Waals surface area contributed by atoms with Crippen LogP contribution in [-0.2, 0) is 13.2 Å². The van der Waals surface area contributed by atoms with Crippen LogP contribution in [0.25, 0.3) is 28.2 Å². The van der Waals surface area contributed by atoms with Crippen LogP contribution >= 0.6 is 0 Å². The highest BCUT2D eigenvalue weighted by molar-refractivity contribution is 5.77. The van der Waals surface area contributed by atoms with E-state index in [9.17, 15) is 13.2 Å². The van der Waals surface area contributed by atoms with Gasteiger partial charge in [0.05, 0.1) is 17.5 Å². The summed E-state index contributed by atoms with van der Waals surface area (Å²) in [7, 11) is 3.49. The van der Waals surface area contributed by atoms with E-state index >= 15 is 0 Å². The number of fused-ring (bicyclic) bond motifs is 1. The van der Waals surface area contributed by atoms with E-state index < -0.39 is 11.7 Å². The first-order valence-corrected chi connectivity index (χ1v) is 7.97. The Bertz CT molecular complexity index is 1110. The highest BCUT2D eigenvalue weighted by atomic mass is 19.4. The number of halogens is 3. The molecule has 1 N–H and O–H groups in total. The molecule has 4 rings (SSSR count). The van der Waals surface area contributed by atoms with Crippen molar-refractivity contribution in [3.8, 4) is 22.5 Å². The van der Waals surface area contributed by atoms with Gasteiger partial charge in [0.2, 0.25) is 5.95 Å². The maximum Gasteiger partial charge on any atom is 0.416 e. The Hall–Kier alpha value is -3.43. The molecular formula is C17H14F3N7. The zero-order valence-corrected chi connectivity index (χ0v) is 14.4. The molecule has 0 unspecified atom stereocenters. The molecule has 0 saturated carbocycles. The summed E-state index contributed by atoms with van der Waals surface area (Å²) in [4.78, 5) is 4.61. The average Bonchev–Trinajstić information content (AvgIpc) is 3.26. The van der Waals surface area contributed by atoms with Gasteiger partial charge in [-0.1, -0.05) is 12.1 Å². The summed E-state index contributed by atoms with van der Waals surface area (Å²) < 4.78 is 41.8. The number of benzene rings is 1. The molecule has 3 heterocycles. The van der Waals surface area contributed by atoms with Gasteiger partial charge >= 0.3 is 6.18 Å². The second-order valence-corrected chi connectivity index (χ2v) is 5.92. The molecule has 0 fully saturated rings. The lowest BCUT2D eigenvalue weighted by Crippen LogP contribution is -2.04. The van der Waals surface area contributed by atoms with Crippen molar-refractivity contribution in [2.75, 3.05) is 12.4 Å². The summed E-state index contributed by atoms with van der Waals surface area (Å²) in [6.07, 6.45) is 0.729. The molecule has 0 aliphatic carbocycles. The van der Waals surface area contributed by atoms with Crippen LogP contribution in [0.1, 0.15) is 5.56 Å². The Labute approximate surface area is 151 Å². The number of rotatable bonds is 3. The Morgan fingerprint density at radius 2 is 1.74 bits per heavy atom. The van der Waals surface area contributed by atoms with E-state index in [0.29, 0.717) is 28.5 Å². The first kappa shape index (κ1) is 17.0. The van der Waals surface area contributed by atoms with Crippen LogP contribution in [0.5, 0.6) is 0 Å². The van der Waals surface area contributed by atoms with Crippen LogP contribution < -0.4 is 5.32 Å². The van der Waals surface area contributed by atoms with E-state index in [0.717, 1.165) is 17.7 Å².